The molecule has 0 aliphatic carbocycles. The van der Waals surface area contributed by atoms with Crippen molar-refractivity contribution in [3.8, 4) is 0 Å². The topological polar surface area (TPSA) is 71.9 Å². The van der Waals surface area contributed by atoms with Crippen molar-refractivity contribution in [1.29, 1.82) is 0 Å². The molecule has 0 aliphatic heterocycles. The number of aromatic nitrogens is 2. The second-order valence-electron chi connectivity index (χ2n) is 5.13. The molecular weight excluding hydrogens is 345 g/mol. The molecule has 1 N–H and O–H groups in total. The minimum absolute atomic E-state index is 0.0423. The zero-order chi connectivity index (χ0) is 18.2. The molecule has 0 fully saturated rings. The first-order valence-electron chi connectivity index (χ1n) is 6.96. The van der Waals surface area contributed by atoms with E-state index in [1.165, 1.54) is 17.8 Å². The van der Waals surface area contributed by atoms with Crippen LogP contribution in [0.4, 0.5) is 13.2 Å². The molecule has 0 saturated heterocycles. The summed E-state index contributed by atoms with van der Waals surface area (Å²) < 4.78 is 52.2. The van der Waals surface area contributed by atoms with Gasteiger partial charge in [0.2, 0.25) is 0 Å². The zero-order valence-corrected chi connectivity index (χ0v) is 14.0. The van der Waals surface area contributed by atoms with Gasteiger partial charge >= 0.3 is 6.18 Å². The molecule has 0 bridgehead atoms. The van der Waals surface area contributed by atoms with E-state index in [0.29, 0.717) is 6.54 Å². The molecule has 1 aromatic carbocycles. The van der Waals surface area contributed by atoms with Crippen LogP contribution >= 0.6 is 0 Å². The Labute approximate surface area is 137 Å². The van der Waals surface area contributed by atoms with Gasteiger partial charge in [0.15, 0.2) is 5.78 Å². The maximum Gasteiger partial charge on any atom is 0.417 e. The number of carbonyl (C=O) groups is 1. The number of nitrogens with zero attached hydrogens (tertiary/aromatic N) is 1. The average Bonchev–Trinajstić information content (AvgIpc) is 2.85. The van der Waals surface area contributed by atoms with Gasteiger partial charge in [-0.15, -0.1) is 0 Å². The lowest BCUT2D eigenvalue weighted by molar-refractivity contribution is -0.139. The van der Waals surface area contributed by atoms with Crippen LogP contribution in [0.5, 0.6) is 0 Å². The summed E-state index contributed by atoms with van der Waals surface area (Å²) in [5.41, 5.74) is -1.89. The molecule has 0 spiro atoms. The number of H-pyrrole nitrogens is 1. The SMILES string of the molecule is CCn1[nH]cc(C(=O)c2ccc(C(F)(F)F)c(S(C)=O)c2C)c1=O. The Morgan fingerprint density at radius 3 is 2.38 bits per heavy atom. The number of hydrogen-bond acceptors (Lipinski definition) is 3. The number of nitrogens with one attached hydrogen (secondary N) is 1. The van der Waals surface area contributed by atoms with E-state index in [1.807, 2.05) is 0 Å². The third kappa shape index (κ3) is 3.08. The Bertz CT molecular complexity index is 881. The first kappa shape index (κ1) is 18.2. The van der Waals surface area contributed by atoms with Gasteiger partial charge in [0.05, 0.1) is 21.3 Å². The van der Waals surface area contributed by atoms with Crippen LogP contribution in [0.15, 0.2) is 28.0 Å². The van der Waals surface area contributed by atoms with Crippen molar-refractivity contribution < 1.29 is 22.2 Å². The van der Waals surface area contributed by atoms with E-state index in [9.17, 15) is 27.0 Å². The summed E-state index contributed by atoms with van der Waals surface area (Å²) in [5.74, 6) is -0.707. The predicted octanol–water partition coefficient (Wildman–Crippen LogP) is 2.49. The van der Waals surface area contributed by atoms with Gasteiger partial charge in [-0.25, -0.2) is 0 Å². The van der Waals surface area contributed by atoms with Gasteiger partial charge in [-0.2, -0.15) is 13.2 Å². The molecular formula is C15H15F3N2O3S. The quantitative estimate of drug-likeness (QED) is 0.852. The number of aromatic amines is 1. The van der Waals surface area contributed by atoms with Crippen LogP contribution in [0.25, 0.3) is 0 Å². The minimum atomic E-state index is -4.68. The Balaban J connectivity index is 2.66. The lowest BCUT2D eigenvalue weighted by Crippen LogP contribution is -2.22. The van der Waals surface area contributed by atoms with Crippen LogP contribution in [0, 0.1) is 6.92 Å². The lowest BCUT2D eigenvalue weighted by Gasteiger charge is -2.15. The van der Waals surface area contributed by atoms with Crippen molar-refractivity contribution >= 4 is 16.6 Å². The fraction of sp³-hybridized carbons (Fsp3) is 0.333. The van der Waals surface area contributed by atoms with Crippen molar-refractivity contribution in [2.75, 3.05) is 6.26 Å². The maximum atomic E-state index is 13.1. The lowest BCUT2D eigenvalue weighted by atomic mass is 9.98. The highest BCUT2D eigenvalue weighted by molar-refractivity contribution is 7.84. The van der Waals surface area contributed by atoms with Crippen molar-refractivity contribution in [2.45, 2.75) is 31.5 Å². The van der Waals surface area contributed by atoms with Crippen molar-refractivity contribution in [1.82, 2.24) is 9.78 Å². The third-order valence-corrected chi connectivity index (χ3v) is 4.75. The van der Waals surface area contributed by atoms with Crippen LogP contribution in [0.1, 0.15) is 34.0 Å². The standard InChI is InChI=1S/C15H15F3N2O3S/c1-4-20-14(22)10(7-19-20)12(21)9-5-6-11(15(16,17)18)13(8(9)2)24(3)23/h5-7,19H,4H2,1-3H3. The van der Waals surface area contributed by atoms with E-state index < -0.39 is 38.8 Å². The molecule has 130 valence electrons. The second kappa shape index (κ2) is 6.39. The Hall–Kier alpha value is -2.16. The van der Waals surface area contributed by atoms with E-state index in [2.05, 4.69) is 5.10 Å². The largest absolute Gasteiger partial charge is 0.417 e. The molecule has 1 atom stereocenters. The van der Waals surface area contributed by atoms with Crippen LogP contribution in [0.2, 0.25) is 0 Å². The monoisotopic (exact) mass is 360 g/mol. The van der Waals surface area contributed by atoms with E-state index in [-0.39, 0.29) is 16.7 Å². The first-order valence-corrected chi connectivity index (χ1v) is 8.52. The summed E-state index contributed by atoms with van der Waals surface area (Å²) in [6, 6.07) is 1.74. The molecule has 1 heterocycles. The van der Waals surface area contributed by atoms with Crippen LogP contribution in [-0.2, 0) is 23.5 Å². The summed E-state index contributed by atoms with van der Waals surface area (Å²) >= 11 is 0. The van der Waals surface area contributed by atoms with Gasteiger partial charge in [-0.3, -0.25) is 18.5 Å². The molecule has 2 aromatic rings. The highest BCUT2D eigenvalue weighted by Crippen LogP contribution is 2.36. The maximum absolute atomic E-state index is 13.1. The molecule has 0 aliphatic rings. The zero-order valence-electron chi connectivity index (χ0n) is 13.2. The van der Waals surface area contributed by atoms with E-state index in [0.717, 1.165) is 18.4 Å². The molecule has 1 aromatic heterocycles. The molecule has 9 heteroatoms. The Kier molecular flexibility index (Phi) is 4.84. The predicted molar refractivity (Wildman–Crippen MR) is 82.7 cm³/mol. The average molecular weight is 360 g/mol. The molecule has 0 amide bonds. The van der Waals surface area contributed by atoms with E-state index in [4.69, 9.17) is 0 Å². The van der Waals surface area contributed by atoms with Crippen LogP contribution in [0.3, 0.4) is 0 Å². The molecule has 2 rings (SSSR count). The van der Waals surface area contributed by atoms with Crippen LogP contribution < -0.4 is 5.56 Å². The molecule has 24 heavy (non-hydrogen) atoms. The summed E-state index contributed by atoms with van der Waals surface area (Å²) in [5, 5.41) is 2.61. The number of carbonyl (C=O) groups excluding carboxylic acids is 1. The third-order valence-electron chi connectivity index (χ3n) is 3.64. The van der Waals surface area contributed by atoms with Gasteiger partial charge in [0.25, 0.3) is 5.56 Å². The number of halogens is 3. The van der Waals surface area contributed by atoms with Crippen molar-refractivity contribution in [3.63, 3.8) is 0 Å². The number of alkyl halides is 3. The molecule has 0 saturated carbocycles. The van der Waals surface area contributed by atoms with Gasteiger partial charge in [0.1, 0.15) is 5.56 Å². The first-order chi connectivity index (χ1) is 11.1. The van der Waals surface area contributed by atoms with Gasteiger partial charge in [-0.05, 0) is 25.5 Å². The normalized spacial score (nSPS) is 13.1. The highest BCUT2D eigenvalue weighted by Gasteiger charge is 2.36. The second-order valence-corrected chi connectivity index (χ2v) is 6.45. The number of rotatable bonds is 4. The van der Waals surface area contributed by atoms with E-state index in [1.54, 1.807) is 6.92 Å². The summed E-state index contributed by atoms with van der Waals surface area (Å²) in [4.78, 5) is 24.1. The smallest absolute Gasteiger partial charge is 0.302 e. The summed E-state index contributed by atoms with van der Waals surface area (Å²) in [7, 11) is -1.95. The van der Waals surface area contributed by atoms with Crippen LogP contribution in [-0.4, -0.2) is 26.0 Å². The minimum Gasteiger partial charge on any atom is -0.302 e. The highest BCUT2D eigenvalue weighted by atomic mass is 32.2. The van der Waals surface area contributed by atoms with Crippen molar-refractivity contribution in [2.24, 2.45) is 0 Å². The molecule has 1 unspecified atom stereocenters. The molecule has 0 radical (unpaired) electrons. The Morgan fingerprint density at radius 1 is 1.29 bits per heavy atom. The molecule has 5 nitrogen and oxygen atoms in total. The van der Waals surface area contributed by atoms with Gasteiger partial charge < -0.3 is 5.10 Å². The van der Waals surface area contributed by atoms with E-state index >= 15 is 0 Å². The van der Waals surface area contributed by atoms with Gasteiger partial charge in [0, 0.05) is 24.6 Å². The summed E-state index contributed by atoms with van der Waals surface area (Å²) in [6.45, 7) is 3.32. The number of ketones is 1. The number of aryl methyl sites for hydroxylation is 1. The fourth-order valence-corrected chi connectivity index (χ4v) is 3.52. The number of hydrogen-bond donors (Lipinski definition) is 1. The van der Waals surface area contributed by atoms with Gasteiger partial charge in [-0.1, -0.05) is 6.07 Å². The fourth-order valence-electron chi connectivity index (χ4n) is 2.48. The number of benzene rings is 1. The summed E-state index contributed by atoms with van der Waals surface area (Å²) in [6.07, 6.45) is -2.35. The Morgan fingerprint density at radius 2 is 1.92 bits per heavy atom. The van der Waals surface area contributed by atoms with Crippen molar-refractivity contribution in [3.05, 3.63) is 50.9 Å².